The van der Waals surface area contributed by atoms with Crippen LogP contribution < -0.4 is 5.73 Å². The zero-order valence-corrected chi connectivity index (χ0v) is 6.83. The SMILES string of the molecule is CCC(C)(CC)CC[NH]. The van der Waals surface area contributed by atoms with Gasteiger partial charge in [-0.3, -0.25) is 5.73 Å². The Morgan fingerprint density at radius 2 is 1.67 bits per heavy atom. The quantitative estimate of drug-likeness (QED) is 0.555. The smallest absolute Gasteiger partial charge is 0.0105 e. The van der Waals surface area contributed by atoms with Crippen molar-refractivity contribution in [2.45, 2.75) is 40.0 Å². The van der Waals surface area contributed by atoms with Crippen molar-refractivity contribution < 1.29 is 0 Å². The molecule has 0 saturated heterocycles. The van der Waals surface area contributed by atoms with Crippen LogP contribution in [0.1, 0.15) is 40.0 Å². The standard InChI is InChI=1S/C8H18N/c1-4-8(3,5-2)6-7-9/h9H,4-7H2,1-3H3. The van der Waals surface area contributed by atoms with Crippen LogP contribution in [-0.4, -0.2) is 6.54 Å². The van der Waals surface area contributed by atoms with E-state index in [-0.39, 0.29) is 0 Å². The van der Waals surface area contributed by atoms with E-state index in [2.05, 4.69) is 20.8 Å². The van der Waals surface area contributed by atoms with E-state index < -0.39 is 0 Å². The molecule has 0 heterocycles. The summed E-state index contributed by atoms with van der Waals surface area (Å²) in [7, 11) is 0. The molecule has 0 fully saturated rings. The van der Waals surface area contributed by atoms with Crippen LogP contribution in [-0.2, 0) is 0 Å². The van der Waals surface area contributed by atoms with E-state index in [0.717, 1.165) is 6.42 Å². The van der Waals surface area contributed by atoms with Crippen LogP contribution >= 0.6 is 0 Å². The minimum Gasteiger partial charge on any atom is -0.258 e. The average Bonchev–Trinajstić information content (AvgIpc) is 1.89. The first-order valence-electron chi connectivity index (χ1n) is 3.83. The van der Waals surface area contributed by atoms with Gasteiger partial charge >= 0.3 is 0 Å². The monoisotopic (exact) mass is 128 g/mol. The highest BCUT2D eigenvalue weighted by molar-refractivity contribution is 4.70. The zero-order valence-electron chi connectivity index (χ0n) is 6.83. The topological polar surface area (TPSA) is 23.8 Å². The Balaban J connectivity index is 3.62. The van der Waals surface area contributed by atoms with Gasteiger partial charge in [-0.15, -0.1) is 0 Å². The summed E-state index contributed by atoms with van der Waals surface area (Å²) in [5.74, 6) is 0. The minimum atomic E-state index is 0.446. The van der Waals surface area contributed by atoms with E-state index in [4.69, 9.17) is 5.73 Å². The molecule has 0 aliphatic carbocycles. The maximum Gasteiger partial charge on any atom is 0.0105 e. The molecule has 9 heavy (non-hydrogen) atoms. The highest BCUT2D eigenvalue weighted by Crippen LogP contribution is 2.28. The second-order valence-corrected chi connectivity index (χ2v) is 3.02. The van der Waals surface area contributed by atoms with Crippen LogP contribution in [0, 0.1) is 5.41 Å². The van der Waals surface area contributed by atoms with Crippen molar-refractivity contribution in [2.24, 2.45) is 5.41 Å². The van der Waals surface area contributed by atoms with Gasteiger partial charge in [0.05, 0.1) is 0 Å². The van der Waals surface area contributed by atoms with Crippen LogP contribution in [0.4, 0.5) is 0 Å². The molecule has 0 aliphatic heterocycles. The summed E-state index contributed by atoms with van der Waals surface area (Å²) >= 11 is 0. The molecule has 0 rings (SSSR count). The third-order valence-electron chi connectivity index (χ3n) is 2.44. The van der Waals surface area contributed by atoms with Crippen molar-refractivity contribution in [3.8, 4) is 0 Å². The van der Waals surface area contributed by atoms with Gasteiger partial charge in [-0.25, -0.2) is 0 Å². The molecule has 0 aliphatic rings. The Morgan fingerprint density at radius 1 is 1.22 bits per heavy atom. The molecule has 0 spiro atoms. The Labute approximate surface area is 58.6 Å². The van der Waals surface area contributed by atoms with Crippen molar-refractivity contribution in [1.82, 2.24) is 5.73 Å². The lowest BCUT2D eigenvalue weighted by Gasteiger charge is -2.25. The van der Waals surface area contributed by atoms with E-state index in [1.165, 1.54) is 12.8 Å². The first kappa shape index (κ1) is 8.96. The molecule has 0 aromatic heterocycles. The Kier molecular flexibility index (Phi) is 3.87. The van der Waals surface area contributed by atoms with Crippen LogP contribution in [0.2, 0.25) is 0 Å². The largest absolute Gasteiger partial charge is 0.258 e. The van der Waals surface area contributed by atoms with E-state index >= 15 is 0 Å². The first-order chi connectivity index (χ1) is 4.18. The summed E-state index contributed by atoms with van der Waals surface area (Å²) in [5, 5.41) is 0. The fraction of sp³-hybridized carbons (Fsp3) is 1.00. The van der Waals surface area contributed by atoms with Gasteiger partial charge in [0, 0.05) is 6.54 Å². The Bertz CT molecular complexity index is 65.0. The van der Waals surface area contributed by atoms with Crippen molar-refractivity contribution in [2.75, 3.05) is 6.54 Å². The molecule has 0 amide bonds. The molecule has 0 aromatic carbocycles. The van der Waals surface area contributed by atoms with Crippen LogP contribution in [0.5, 0.6) is 0 Å². The second kappa shape index (κ2) is 3.89. The van der Waals surface area contributed by atoms with Crippen molar-refractivity contribution in [3.05, 3.63) is 0 Å². The van der Waals surface area contributed by atoms with Crippen LogP contribution in [0.3, 0.4) is 0 Å². The summed E-state index contributed by atoms with van der Waals surface area (Å²) < 4.78 is 0. The third-order valence-corrected chi connectivity index (χ3v) is 2.44. The summed E-state index contributed by atoms with van der Waals surface area (Å²) in [4.78, 5) is 0. The van der Waals surface area contributed by atoms with Gasteiger partial charge in [-0.05, 0) is 11.8 Å². The second-order valence-electron chi connectivity index (χ2n) is 3.02. The molecular weight excluding hydrogens is 110 g/mol. The van der Waals surface area contributed by atoms with Crippen molar-refractivity contribution >= 4 is 0 Å². The normalized spacial score (nSPS) is 12.0. The summed E-state index contributed by atoms with van der Waals surface area (Å²) in [6.45, 7) is 7.26. The van der Waals surface area contributed by atoms with E-state index in [1.54, 1.807) is 0 Å². The summed E-state index contributed by atoms with van der Waals surface area (Å²) in [5.41, 5.74) is 7.51. The molecule has 1 N–H and O–H groups in total. The lowest BCUT2D eigenvalue weighted by atomic mass is 9.82. The molecule has 0 aromatic rings. The van der Waals surface area contributed by atoms with Crippen molar-refractivity contribution in [3.63, 3.8) is 0 Å². The van der Waals surface area contributed by atoms with E-state index in [0.29, 0.717) is 12.0 Å². The van der Waals surface area contributed by atoms with Gasteiger partial charge < -0.3 is 0 Å². The van der Waals surface area contributed by atoms with Gasteiger partial charge in [0.1, 0.15) is 0 Å². The Hall–Kier alpha value is -0.0400. The molecule has 0 saturated carbocycles. The molecule has 0 atom stereocenters. The Morgan fingerprint density at radius 3 is 1.78 bits per heavy atom. The molecule has 0 bridgehead atoms. The van der Waals surface area contributed by atoms with E-state index in [1.807, 2.05) is 0 Å². The lowest BCUT2D eigenvalue weighted by molar-refractivity contribution is 0.277. The van der Waals surface area contributed by atoms with Crippen LogP contribution in [0.25, 0.3) is 0 Å². The molecule has 55 valence electrons. The molecule has 1 heteroatoms. The average molecular weight is 128 g/mol. The fourth-order valence-electron chi connectivity index (χ4n) is 0.905. The van der Waals surface area contributed by atoms with Gasteiger partial charge in [0.2, 0.25) is 0 Å². The minimum absolute atomic E-state index is 0.446. The maximum atomic E-state index is 7.06. The number of hydrogen-bond donors (Lipinski definition) is 0. The number of rotatable bonds is 4. The van der Waals surface area contributed by atoms with Gasteiger partial charge in [-0.1, -0.05) is 33.6 Å². The maximum absolute atomic E-state index is 7.06. The van der Waals surface area contributed by atoms with Crippen LogP contribution in [0.15, 0.2) is 0 Å². The first-order valence-corrected chi connectivity index (χ1v) is 3.83. The predicted molar refractivity (Wildman–Crippen MR) is 41.3 cm³/mol. The highest BCUT2D eigenvalue weighted by Gasteiger charge is 2.17. The highest BCUT2D eigenvalue weighted by atomic mass is 14.5. The summed E-state index contributed by atoms with van der Waals surface area (Å²) in [6.07, 6.45) is 3.48. The van der Waals surface area contributed by atoms with Gasteiger partial charge in [0.15, 0.2) is 0 Å². The third kappa shape index (κ3) is 2.85. The molecule has 1 radical (unpaired) electrons. The molecule has 0 unspecified atom stereocenters. The number of hydrogen-bond acceptors (Lipinski definition) is 0. The fourth-order valence-corrected chi connectivity index (χ4v) is 0.905. The predicted octanol–water partition coefficient (Wildman–Crippen LogP) is 2.49. The molecular formula is C8H18N. The molecule has 1 nitrogen and oxygen atoms in total. The zero-order chi connectivity index (χ0) is 7.33. The van der Waals surface area contributed by atoms with Crippen molar-refractivity contribution in [1.29, 1.82) is 0 Å². The van der Waals surface area contributed by atoms with Gasteiger partial charge in [0.25, 0.3) is 0 Å². The summed E-state index contributed by atoms with van der Waals surface area (Å²) in [6, 6.07) is 0. The van der Waals surface area contributed by atoms with Gasteiger partial charge in [-0.2, -0.15) is 0 Å². The lowest BCUT2D eigenvalue weighted by Crippen LogP contribution is -2.15. The number of nitrogens with one attached hydrogen (secondary N) is 1. The van der Waals surface area contributed by atoms with E-state index in [9.17, 15) is 0 Å².